The molecule has 1 aromatic heterocycles. The number of hydrogen-bond donors (Lipinski definition) is 1. The van der Waals surface area contributed by atoms with Crippen molar-refractivity contribution in [2.75, 3.05) is 19.6 Å². The molecule has 3 rings (SSSR count). The van der Waals surface area contributed by atoms with Crippen molar-refractivity contribution < 1.29 is 0 Å². The lowest BCUT2D eigenvalue weighted by Crippen LogP contribution is -2.44. The molecule has 0 bridgehead atoms. The molecule has 2 nitrogen and oxygen atoms in total. The summed E-state index contributed by atoms with van der Waals surface area (Å²) in [5.41, 5.74) is 1.49. The van der Waals surface area contributed by atoms with Crippen molar-refractivity contribution in [3.8, 4) is 0 Å². The maximum atomic E-state index is 3.50. The Morgan fingerprint density at radius 1 is 1.23 bits per heavy atom. The molecule has 2 aromatic rings. The first-order valence-electron chi connectivity index (χ1n) is 8.57. The van der Waals surface area contributed by atoms with Gasteiger partial charge in [0.1, 0.15) is 0 Å². The number of benzene rings is 1. The van der Waals surface area contributed by atoms with Crippen LogP contribution in [0, 0.1) is 12.8 Å². The van der Waals surface area contributed by atoms with Gasteiger partial charge in [0.05, 0.1) is 0 Å². The summed E-state index contributed by atoms with van der Waals surface area (Å²) < 4.78 is 1.44. The van der Waals surface area contributed by atoms with E-state index in [9.17, 15) is 0 Å². The van der Waals surface area contributed by atoms with Gasteiger partial charge in [-0.05, 0) is 55.8 Å². The first kappa shape index (κ1) is 16.0. The van der Waals surface area contributed by atoms with Crippen molar-refractivity contribution in [1.82, 2.24) is 10.2 Å². The molecule has 0 amide bonds. The first-order chi connectivity index (χ1) is 10.6. The summed E-state index contributed by atoms with van der Waals surface area (Å²) in [6.07, 6.45) is 2.58. The Morgan fingerprint density at radius 2 is 1.95 bits per heavy atom. The van der Waals surface area contributed by atoms with Gasteiger partial charge in [0.25, 0.3) is 0 Å². The number of rotatable bonds is 5. The molecule has 1 saturated heterocycles. The molecular weight excluding hydrogens is 288 g/mol. The summed E-state index contributed by atoms with van der Waals surface area (Å²) in [6, 6.07) is 9.58. The average molecular weight is 317 g/mol. The highest BCUT2D eigenvalue weighted by Gasteiger charge is 2.23. The summed E-state index contributed by atoms with van der Waals surface area (Å²) in [5.74, 6) is 0.726. The van der Waals surface area contributed by atoms with Crippen LogP contribution in [0.5, 0.6) is 0 Å². The molecule has 0 aliphatic carbocycles. The normalized spacial score (nSPS) is 17.0. The van der Waals surface area contributed by atoms with Gasteiger partial charge in [-0.1, -0.05) is 32.0 Å². The van der Waals surface area contributed by atoms with Gasteiger partial charge >= 0.3 is 0 Å². The van der Waals surface area contributed by atoms with E-state index in [-0.39, 0.29) is 0 Å². The Kier molecular flexibility index (Phi) is 5.17. The summed E-state index contributed by atoms with van der Waals surface area (Å²) in [7, 11) is 0. The van der Waals surface area contributed by atoms with Crippen LogP contribution in [-0.2, 0) is 6.54 Å². The lowest BCUT2D eigenvalue weighted by Gasteiger charge is -2.35. The van der Waals surface area contributed by atoms with E-state index in [4.69, 9.17) is 0 Å². The molecule has 0 unspecified atom stereocenters. The van der Waals surface area contributed by atoms with Crippen LogP contribution >= 0.6 is 11.3 Å². The minimum Gasteiger partial charge on any atom is -0.317 e. The molecule has 1 fully saturated rings. The van der Waals surface area contributed by atoms with E-state index in [1.165, 1.54) is 48.1 Å². The van der Waals surface area contributed by atoms with Gasteiger partial charge in [-0.2, -0.15) is 0 Å². The molecule has 0 atom stereocenters. The topological polar surface area (TPSA) is 15.3 Å². The minimum atomic E-state index is 0.726. The van der Waals surface area contributed by atoms with Gasteiger partial charge in [-0.15, -0.1) is 11.3 Å². The zero-order chi connectivity index (χ0) is 15.5. The van der Waals surface area contributed by atoms with Crippen molar-refractivity contribution >= 4 is 21.4 Å². The number of fused-ring (bicyclic) bond motifs is 1. The predicted octanol–water partition coefficient (Wildman–Crippen LogP) is 4.42. The van der Waals surface area contributed by atoms with Crippen LogP contribution in [0.3, 0.4) is 0 Å². The Hall–Kier alpha value is -0.900. The lowest BCUT2D eigenvalue weighted by atomic mass is 10.0. The van der Waals surface area contributed by atoms with E-state index in [0.29, 0.717) is 0 Å². The smallest absolute Gasteiger partial charge is 0.0348 e. The van der Waals surface area contributed by atoms with Crippen molar-refractivity contribution in [1.29, 1.82) is 0 Å². The maximum Gasteiger partial charge on any atom is 0.0348 e. The standard InChI is InChI=1S/C19H28N2S/c1-14(2)12-21(16-8-10-20-11-9-16)13-19-15(3)17-6-4-5-7-18(17)22-19/h4-7,14,16,20H,8-13H2,1-3H3. The van der Waals surface area contributed by atoms with Gasteiger partial charge in [0, 0.05) is 28.7 Å². The summed E-state index contributed by atoms with van der Waals surface area (Å²) in [5, 5.41) is 4.94. The van der Waals surface area contributed by atoms with Crippen LogP contribution < -0.4 is 5.32 Å². The van der Waals surface area contributed by atoms with E-state index in [1.54, 1.807) is 4.88 Å². The van der Waals surface area contributed by atoms with Gasteiger partial charge < -0.3 is 5.32 Å². The van der Waals surface area contributed by atoms with Crippen molar-refractivity contribution in [2.45, 2.75) is 46.2 Å². The fourth-order valence-electron chi connectivity index (χ4n) is 3.54. The van der Waals surface area contributed by atoms with Gasteiger partial charge in [-0.25, -0.2) is 0 Å². The Bertz CT molecular complexity index is 611. The zero-order valence-corrected chi connectivity index (χ0v) is 14.9. The minimum absolute atomic E-state index is 0.726. The quantitative estimate of drug-likeness (QED) is 0.878. The second-order valence-corrected chi connectivity index (χ2v) is 8.09. The second kappa shape index (κ2) is 7.12. The van der Waals surface area contributed by atoms with E-state index >= 15 is 0 Å². The number of hydrogen-bond acceptors (Lipinski definition) is 3. The van der Waals surface area contributed by atoms with Gasteiger partial charge in [0.2, 0.25) is 0 Å². The van der Waals surface area contributed by atoms with Crippen LogP contribution in [0.4, 0.5) is 0 Å². The molecule has 2 heterocycles. The van der Waals surface area contributed by atoms with E-state index in [2.05, 4.69) is 55.3 Å². The lowest BCUT2D eigenvalue weighted by molar-refractivity contribution is 0.138. The van der Waals surface area contributed by atoms with Crippen LogP contribution in [0.1, 0.15) is 37.1 Å². The van der Waals surface area contributed by atoms with Crippen LogP contribution in [0.2, 0.25) is 0 Å². The predicted molar refractivity (Wildman–Crippen MR) is 97.7 cm³/mol. The van der Waals surface area contributed by atoms with Crippen LogP contribution in [0.25, 0.3) is 10.1 Å². The van der Waals surface area contributed by atoms with Crippen LogP contribution in [0.15, 0.2) is 24.3 Å². The van der Waals surface area contributed by atoms with Gasteiger partial charge in [0.15, 0.2) is 0 Å². The fraction of sp³-hybridized carbons (Fsp3) is 0.579. The third-order valence-corrected chi connectivity index (χ3v) is 5.97. The average Bonchev–Trinajstić information content (AvgIpc) is 2.84. The number of aryl methyl sites for hydroxylation is 1. The van der Waals surface area contributed by atoms with Gasteiger partial charge in [-0.3, -0.25) is 4.90 Å². The second-order valence-electron chi connectivity index (χ2n) is 6.95. The van der Waals surface area contributed by atoms with Crippen LogP contribution in [-0.4, -0.2) is 30.6 Å². The number of nitrogens with zero attached hydrogens (tertiary/aromatic N) is 1. The SMILES string of the molecule is Cc1c(CN(CC(C)C)C2CCNCC2)sc2ccccc12. The Morgan fingerprint density at radius 3 is 2.64 bits per heavy atom. The Balaban J connectivity index is 1.82. The highest BCUT2D eigenvalue weighted by atomic mass is 32.1. The van der Waals surface area contributed by atoms with E-state index < -0.39 is 0 Å². The van der Waals surface area contributed by atoms with E-state index in [0.717, 1.165) is 18.5 Å². The molecule has 3 heteroatoms. The molecule has 0 radical (unpaired) electrons. The van der Waals surface area contributed by atoms with Crippen molar-refractivity contribution in [3.63, 3.8) is 0 Å². The molecule has 0 saturated carbocycles. The summed E-state index contributed by atoms with van der Waals surface area (Å²) >= 11 is 1.99. The molecule has 1 N–H and O–H groups in total. The third-order valence-electron chi connectivity index (χ3n) is 4.71. The maximum absolute atomic E-state index is 3.50. The third kappa shape index (κ3) is 3.53. The first-order valence-corrected chi connectivity index (χ1v) is 9.38. The number of nitrogens with one attached hydrogen (secondary N) is 1. The fourth-order valence-corrected chi connectivity index (χ4v) is 4.78. The number of thiophene rings is 1. The van der Waals surface area contributed by atoms with Crippen molar-refractivity contribution in [3.05, 3.63) is 34.7 Å². The molecule has 120 valence electrons. The summed E-state index contributed by atoms with van der Waals surface area (Å²) in [4.78, 5) is 4.30. The van der Waals surface area contributed by atoms with E-state index in [1.807, 2.05) is 11.3 Å². The highest BCUT2D eigenvalue weighted by Crippen LogP contribution is 2.32. The largest absolute Gasteiger partial charge is 0.317 e. The van der Waals surface area contributed by atoms with Crippen molar-refractivity contribution in [2.24, 2.45) is 5.92 Å². The molecule has 1 aliphatic heterocycles. The Labute approximate surface area is 138 Å². The molecular formula is C19H28N2S. The summed E-state index contributed by atoms with van der Waals surface area (Å²) in [6.45, 7) is 11.6. The highest BCUT2D eigenvalue weighted by molar-refractivity contribution is 7.19. The molecule has 0 spiro atoms. The number of piperidine rings is 1. The zero-order valence-electron chi connectivity index (χ0n) is 14.1. The molecule has 1 aliphatic rings. The monoisotopic (exact) mass is 316 g/mol. The molecule has 22 heavy (non-hydrogen) atoms. The molecule has 1 aromatic carbocycles.